The second kappa shape index (κ2) is 5.55. The Morgan fingerprint density at radius 1 is 1.19 bits per heavy atom. The Kier molecular flexibility index (Phi) is 3.90. The van der Waals surface area contributed by atoms with Gasteiger partial charge in [-0.1, -0.05) is 33.6 Å². The first kappa shape index (κ1) is 14.8. The Morgan fingerprint density at radius 3 is 2.67 bits per heavy atom. The van der Waals surface area contributed by atoms with Crippen LogP contribution in [-0.2, 0) is 0 Å². The second-order valence-electron chi connectivity index (χ2n) is 4.59. The minimum atomic E-state index is -0.115. The Balaban J connectivity index is 2.49. The Labute approximate surface area is 142 Å². The van der Waals surface area contributed by atoms with Crippen molar-refractivity contribution >= 4 is 54.4 Å². The number of hydrogen-bond donors (Lipinski definition) is 0. The van der Waals surface area contributed by atoms with Crippen LogP contribution >= 0.6 is 43.5 Å². The Morgan fingerprint density at radius 2 is 1.95 bits per heavy atom. The van der Waals surface area contributed by atoms with Gasteiger partial charge in [0.1, 0.15) is 5.52 Å². The second-order valence-corrected chi connectivity index (χ2v) is 6.80. The molecule has 0 saturated heterocycles. The number of rotatable bonds is 1. The van der Waals surface area contributed by atoms with Crippen molar-refractivity contribution < 1.29 is 0 Å². The van der Waals surface area contributed by atoms with Crippen LogP contribution in [0.1, 0.15) is 5.69 Å². The van der Waals surface area contributed by atoms with E-state index in [2.05, 4.69) is 37.0 Å². The molecule has 0 N–H and O–H groups in total. The molecular formula is C15H9Br2ClN2O. The highest BCUT2D eigenvalue weighted by atomic mass is 79.9. The molecular weight excluding hydrogens is 419 g/mol. The lowest BCUT2D eigenvalue weighted by atomic mass is 10.2. The zero-order valence-corrected chi connectivity index (χ0v) is 14.8. The fourth-order valence-electron chi connectivity index (χ4n) is 2.20. The van der Waals surface area contributed by atoms with Crippen molar-refractivity contribution in [1.29, 1.82) is 0 Å². The van der Waals surface area contributed by atoms with Crippen LogP contribution in [0.2, 0.25) is 5.02 Å². The SMILES string of the molecule is Cc1nn(-c2cccc(Cl)c2)c2c(=O)c(Br)cc(Br)cc12. The number of aromatic nitrogens is 2. The van der Waals surface area contributed by atoms with E-state index in [9.17, 15) is 4.79 Å². The molecule has 0 aliphatic heterocycles. The van der Waals surface area contributed by atoms with Gasteiger partial charge in [-0.25, -0.2) is 4.68 Å². The van der Waals surface area contributed by atoms with Crippen LogP contribution in [-0.4, -0.2) is 9.78 Å². The smallest absolute Gasteiger partial charge is 0.219 e. The summed E-state index contributed by atoms with van der Waals surface area (Å²) in [6.45, 7) is 1.88. The number of hydrogen-bond acceptors (Lipinski definition) is 2. The Hall–Kier alpha value is -1.17. The molecule has 0 fully saturated rings. The molecule has 0 amide bonds. The molecule has 21 heavy (non-hydrogen) atoms. The summed E-state index contributed by atoms with van der Waals surface area (Å²) in [4.78, 5) is 12.6. The van der Waals surface area contributed by atoms with Gasteiger partial charge in [-0.2, -0.15) is 5.10 Å². The highest BCUT2D eigenvalue weighted by molar-refractivity contribution is 9.11. The third kappa shape index (κ3) is 2.65. The number of benzene rings is 1. The van der Waals surface area contributed by atoms with Gasteiger partial charge in [-0.05, 0) is 53.2 Å². The van der Waals surface area contributed by atoms with Crippen LogP contribution in [0, 0.1) is 6.92 Å². The summed E-state index contributed by atoms with van der Waals surface area (Å²) in [5.41, 5.74) is 1.95. The van der Waals surface area contributed by atoms with Crippen molar-refractivity contribution in [3.63, 3.8) is 0 Å². The maximum atomic E-state index is 12.6. The summed E-state index contributed by atoms with van der Waals surface area (Å²) in [6, 6.07) is 10.9. The molecule has 0 radical (unpaired) electrons. The fraction of sp³-hybridized carbons (Fsp3) is 0.0667. The van der Waals surface area contributed by atoms with Crippen LogP contribution in [0.3, 0.4) is 0 Å². The average molecular weight is 429 g/mol. The van der Waals surface area contributed by atoms with Crippen molar-refractivity contribution in [2.75, 3.05) is 0 Å². The molecule has 0 aliphatic rings. The highest BCUT2D eigenvalue weighted by Gasteiger charge is 2.14. The van der Waals surface area contributed by atoms with Crippen molar-refractivity contribution in [2.24, 2.45) is 0 Å². The van der Waals surface area contributed by atoms with Gasteiger partial charge >= 0.3 is 0 Å². The summed E-state index contributed by atoms with van der Waals surface area (Å²) in [6.07, 6.45) is 0. The van der Waals surface area contributed by atoms with E-state index in [0.29, 0.717) is 15.0 Å². The lowest BCUT2D eigenvalue weighted by molar-refractivity contribution is 0.886. The number of fused-ring (bicyclic) bond motifs is 1. The number of nitrogens with zero attached hydrogens (tertiary/aromatic N) is 2. The van der Waals surface area contributed by atoms with Gasteiger partial charge < -0.3 is 0 Å². The lowest BCUT2D eigenvalue weighted by Gasteiger charge is -2.02. The summed E-state index contributed by atoms with van der Waals surface area (Å²) < 4.78 is 2.93. The molecule has 0 saturated carbocycles. The first-order valence-corrected chi connectivity index (χ1v) is 8.08. The maximum absolute atomic E-state index is 12.6. The van der Waals surface area contributed by atoms with E-state index in [0.717, 1.165) is 21.2 Å². The molecule has 1 aromatic heterocycles. The zero-order valence-electron chi connectivity index (χ0n) is 10.9. The molecule has 0 bridgehead atoms. The van der Waals surface area contributed by atoms with Crippen LogP contribution in [0.5, 0.6) is 0 Å². The molecule has 2 aromatic carbocycles. The minimum Gasteiger partial charge on any atom is -0.286 e. The van der Waals surface area contributed by atoms with Crippen LogP contribution in [0.25, 0.3) is 16.6 Å². The largest absolute Gasteiger partial charge is 0.286 e. The first-order valence-electron chi connectivity index (χ1n) is 6.12. The predicted molar refractivity (Wildman–Crippen MR) is 92.5 cm³/mol. The van der Waals surface area contributed by atoms with Crippen LogP contribution in [0.4, 0.5) is 0 Å². The van der Waals surface area contributed by atoms with Crippen molar-refractivity contribution in [1.82, 2.24) is 9.78 Å². The fourth-order valence-corrected chi connectivity index (χ4v) is 3.59. The summed E-state index contributed by atoms with van der Waals surface area (Å²) in [5.74, 6) is 0. The molecule has 6 heteroatoms. The molecule has 0 unspecified atom stereocenters. The Bertz CT molecular complexity index is 921. The molecule has 0 atom stereocenters. The van der Waals surface area contributed by atoms with Crippen molar-refractivity contribution in [3.05, 3.63) is 66.3 Å². The number of halogens is 3. The molecule has 3 rings (SSSR count). The highest BCUT2D eigenvalue weighted by Crippen LogP contribution is 2.24. The van der Waals surface area contributed by atoms with E-state index in [1.807, 2.05) is 25.1 Å². The van der Waals surface area contributed by atoms with Crippen molar-refractivity contribution in [3.8, 4) is 5.69 Å². The van der Waals surface area contributed by atoms with Gasteiger partial charge in [-0.15, -0.1) is 0 Å². The van der Waals surface area contributed by atoms with Gasteiger partial charge in [0.15, 0.2) is 0 Å². The van der Waals surface area contributed by atoms with E-state index < -0.39 is 0 Å². The number of aryl methyl sites for hydroxylation is 1. The van der Waals surface area contributed by atoms with Crippen LogP contribution < -0.4 is 5.43 Å². The van der Waals surface area contributed by atoms with E-state index in [1.165, 1.54) is 0 Å². The van der Waals surface area contributed by atoms with E-state index in [-0.39, 0.29) is 5.43 Å². The molecule has 3 aromatic rings. The molecule has 0 spiro atoms. The summed E-state index contributed by atoms with van der Waals surface area (Å²) in [7, 11) is 0. The molecule has 1 heterocycles. The average Bonchev–Trinajstić information content (AvgIpc) is 2.69. The normalized spacial score (nSPS) is 11.0. The van der Waals surface area contributed by atoms with Gasteiger partial charge in [0.05, 0.1) is 15.9 Å². The zero-order chi connectivity index (χ0) is 15.1. The van der Waals surface area contributed by atoms with Gasteiger partial charge in [0, 0.05) is 14.9 Å². The monoisotopic (exact) mass is 426 g/mol. The third-order valence-corrected chi connectivity index (χ3v) is 4.42. The topological polar surface area (TPSA) is 34.9 Å². The van der Waals surface area contributed by atoms with Gasteiger partial charge in [-0.3, -0.25) is 4.79 Å². The van der Waals surface area contributed by atoms with E-state index in [1.54, 1.807) is 22.9 Å². The first-order chi connectivity index (χ1) is 9.97. The van der Waals surface area contributed by atoms with Crippen molar-refractivity contribution in [2.45, 2.75) is 6.92 Å². The standard InChI is InChI=1S/C15H9Br2ClN2O/c1-8-12-5-9(16)6-13(17)15(21)14(12)20(19-8)11-4-2-3-10(18)7-11/h2-7H,1H3. The van der Waals surface area contributed by atoms with Gasteiger partial charge in [0.2, 0.25) is 5.43 Å². The van der Waals surface area contributed by atoms with E-state index in [4.69, 9.17) is 11.6 Å². The molecule has 0 aliphatic carbocycles. The maximum Gasteiger partial charge on any atom is 0.219 e. The van der Waals surface area contributed by atoms with E-state index >= 15 is 0 Å². The van der Waals surface area contributed by atoms with Gasteiger partial charge in [0.25, 0.3) is 0 Å². The summed E-state index contributed by atoms with van der Waals surface area (Å²) in [5, 5.41) is 5.89. The summed E-state index contributed by atoms with van der Waals surface area (Å²) >= 11 is 12.8. The van der Waals surface area contributed by atoms with Crippen LogP contribution in [0.15, 0.2) is 50.1 Å². The third-order valence-electron chi connectivity index (χ3n) is 3.14. The predicted octanol–water partition coefficient (Wildman–Crippen LogP) is 4.87. The quantitative estimate of drug-likeness (QED) is 0.554. The molecule has 3 nitrogen and oxygen atoms in total. The molecule has 106 valence electrons. The minimum absolute atomic E-state index is 0.115. The lowest BCUT2D eigenvalue weighted by Crippen LogP contribution is -2.06.